The van der Waals surface area contributed by atoms with Crippen LogP contribution in [0.25, 0.3) is 0 Å². The zero-order valence-corrected chi connectivity index (χ0v) is 16.1. The van der Waals surface area contributed by atoms with E-state index in [0.717, 1.165) is 49.3 Å². The fourth-order valence-corrected chi connectivity index (χ4v) is 2.73. The second-order valence-corrected chi connectivity index (χ2v) is 6.28. The number of hydrogen-bond acceptors (Lipinski definition) is 3. The van der Waals surface area contributed by atoms with Gasteiger partial charge in [-0.1, -0.05) is 6.07 Å². The first kappa shape index (κ1) is 18.3. The van der Waals surface area contributed by atoms with Gasteiger partial charge in [0.15, 0.2) is 5.96 Å². The summed E-state index contributed by atoms with van der Waals surface area (Å²) in [4.78, 5) is 8.65. The molecule has 1 aromatic rings. The lowest BCUT2D eigenvalue weighted by Gasteiger charge is -2.13. The molecule has 0 aliphatic heterocycles. The van der Waals surface area contributed by atoms with Crippen LogP contribution in [0, 0.1) is 5.92 Å². The SMILES string of the molecule is CN=C(NCc1ccc(OC2CCCC2)nc1)NCC1CC1.I. The van der Waals surface area contributed by atoms with Crippen LogP contribution >= 0.6 is 24.0 Å². The lowest BCUT2D eigenvalue weighted by molar-refractivity contribution is 0.201. The maximum Gasteiger partial charge on any atom is 0.213 e. The third-order valence-electron chi connectivity index (χ3n) is 4.33. The molecule has 0 amide bonds. The van der Waals surface area contributed by atoms with Gasteiger partial charge in [0.1, 0.15) is 6.10 Å². The molecule has 0 unspecified atom stereocenters. The summed E-state index contributed by atoms with van der Waals surface area (Å²) < 4.78 is 5.88. The molecule has 23 heavy (non-hydrogen) atoms. The molecule has 0 aromatic carbocycles. The Bertz CT molecular complexity index is 496. The molecular formula is C17H27IN4O. The summed E-state index contributed by atoms with van der Waals surface area (Å²) in [7, 11) is 1.80. The van der Waals surface area contributed by atoms with Crippen LogP contribution in [0.4, 0.5) is 0 Å². The van der Waals surface area contributed by atoms with Crippen LogP contribution in [0.3, 0.4) is 0 Å². The number of guanidine groups is 1. The van der Waals surface area contributed by atoms with E-state index >= 15 is 0 Å². The first-order valence-corrected chi connectivity index (χ1v) is 8.39. The van der Waals surface area contributed by atoms with E-state index in [1.807, 2.05) is 12.3 Å². The van der Waals surface area contributed by atoms with Gasteiger partial charge >= 0.3 is 0 Å². The average molecular weight is 430 g/mol. The van der Waals surface area contributed by atoms with Crippen molar-refractivity contribution in [2.24, 2.45) is 10.9 Å². The molecule has 2 saturated carbocycles. The molecular weight excluding hydrogens is 403 g/mol. The second kappa shape index (κ2) is 9.30. The molecule has 0 saturated heterocycles. The van der Waals surface area contributed by atoms with Crippen molar-refractivity contribution in [1.82, 2.24) is 15.6 Å². The molecule has 6 heteroatoms. The molecule has 2 aliphatic carbocycles. The smallest absolute Gasteiger partial charge is 0.213 e. The van der Waals surface area contributed by atoms with Gasteiger partial charge in [-0.3, -0.25) is 4.99 Å². The largest absolute Gasteiger partial charge is 0.474 e. The molecule has 0 atom stereocenters. The van der Waals surface area contributed by atoms with Gasteiger partial charge in [-0.2, -0.15) is 0 Å². The Labute approximate surface area is 155 Å². The number of aliphatic imine (C=N–C) groups is 1. The van der Waals surface area contributed by atoms with E-state index in [-0.39, 0.29) is 24.0 Å². The summed E-state index contributed by atoms with van der Waals surface area (Å²) in [6.07, 6.45) is 9.81. The van der Waals surface area contributed by atoms with E-state index in [0.29, 0.717) is 6.10 Å². The minimum absolute atomic E-state index is 0. The summed E-state index contributed by atoms with van der Waals surface area (Å²) >= 11 is 0. The molecule has 0 spiro atoms. The zero-order chi connectivity index (χ0) is 15.2. The van der Waals surface area contributed by atoms with Crippen LogP contribution in [0.15, 0.2) is 23.3 Å². The standard InChI is InChI=1S/C17H26N4O.HI/c1-18-17(20-10-13-6-7-13)21-12-14-8-9-16(19-11-14)22-15-4-2-3-5-15;/h8-9,11,13,15H,2-7,10,12H2,1H3,(H2,18,20,21);1H. The van der Waals surface area contributed by atoms with Crippen LogP contribution in [0.5, 0.6) is 5.88 Å². The van der Waals surface area contributed by atoms with Crippen LogP contribution in [-0.2, 0) is 6.54 Å². The van der Waals surface area contributed by atoms with Gasteiger partial charge in [-0.15, -0.1) is 24.0 Å². The predicted octanol–water partition coefficient (Wildman–Crippen LogP) is 3.10. The predicted molar refractivity (Wildman–Crippen MR) is 103 cm³/mol. The van der Waals surface area contributed by atoms with Gasteiger partial charge < -0.3 is 15.4 Å². The average Bonchev–Trinajstić information content (AvgIpc) is 3.24. The number of nitrogens with one attached hydrogen (secondary N) is 2. The highest BCUT2D eigenvalue weighted by atomic mass is 127. The molecule has 2 fully saturated rings. The van der Waals surface area contributed by atoms with Gasteiger partial charge in [0, 0.05) is 32.4 Å². The minimum Gasteiger partial charge on any atom is -0.474 e. The Morgan fingerprint density at radius 3 is 2.61 bits per heavy atom. The number of ether oxygens (including phenoxy) is 1. The summed E-state index contributed by atoms with van der Waals surface area (Å²) in [5, 5.41) is 6.67. The first-order valence-electron chi connectivity index (χ1n) is 8.39. The summed E-state index contributed by atoms with van der Waals surface area (Å²) in [6.45, 7) is 1.74. The highest BCUT2D eigenvalue weighted by Crippen LogP contribution is 2.27. The highest BCUT2D eigenvalue weighted by molar-refractivity contribution is 14.0. The van der Waals surface area contributed by atoms with Crippen molar-refractivity contribution in [3.8, 4) is 5.88 Å². The first-order chi connectivity index (χ1) is 10.8. The Hall–Kier alpha value is -1.05. The quantitative estimate of drug-likeness (QED) is 0.414. The fraction of sp³-hybridized carbons (Fsp3) is 0.647. The molecule has 0 radical (unpaired) electrons. The van der Waals surface area contributed by atoms with E-state index in [9.17, 15) is 0 Å². The van der Waals surface area contributed by atoms with Crippen LogP contribution < -0.4 is 15.4 Å². The third-order valence-corrected chi connectivity index (χ3v) is 4.33. The van der Waals surface area contributed by atoms with E-state index < -0.39 is 0 Å². The molecule has 3 rings (SSSR count). The topological polar surface area (TPSA) is 58.5 Å². The van der Waals surface area contributed by atoms with E-state index in [2.05, 4.69) is 26.7 Å². The number of hydrogen-bond donors (Lipinski definition) is 2. The lowest BCUT2D eigenvalue weighted by atomic mass is 10.3. The number of nitrogens with zero attached hydrogens (tertiary/aromatic N) is 2. The Kier molecular flexibility index (Phi) is 7.39. The van der Waals surface area contributed by atoms with Crippen molar-refractivity contribution in [1.29, 1.82) is 0 Å². The van der Waals surface area contributed by atoms with E-state index in [1.165, 1.54) is 25.7 Å². The Morgan fingerprint density at radius 1 is 1.22 bits per heavy atom. The summed E-state index contributed by atoms with van der Waals surface area (Å²) in [5.41, 5.74) is 1.13. The third kappa shape index (κ3) is 6.16. The maximum atomic E-state index is 5.88. The zero-order valence-electron chi connectivity index (χ0n) is 13.8. The number of aromatic nitrogens is 1. The van der Waals surface area contributed by atoms with Crippen LogP contribution in [0.2, 0.25) is 0 Å². The van der Waals surface area contributed by atoms with Gasteiger partial charge in [-0.05, 0) is 50.0 Å². The van der Waals surface area contributed by atoms with E-state index in [4.69, 9.17) is 4.74 Å². The Balaban J connectivity index is 0.00000192. The van der Waals surface area contributed by atoms with Crippen LogP contribution in [0.1, 0.15) is 44.1 Å². The van der Waals surface area contributed by atoms with Crippen molar-refractivity contribution in [3.05, 3.63) is 23.9 Å². The van der Waals surface area contributed by atoms with E-state index in [1.54, 1.807) is 7.05 Å². The Morgan fingerprint density at radius 2 is 2.00 bits per heavy atom. The van der Waals surface area contributed by atoms with Crippen molar-refractivity contribution in [2.75, 3.05) is 13.6 Å². The van der Waals surface area contributed by atoms with Gasteiger partial charge in [0.25, 0.3) is 0 Å². The van der Waals surface area contributed by atoms with Gasteiger partial charge in [0.05, 0.1) is 0 Å². The number of rotatable bonds is 6. The van der Waals surface area contributed by atoms with Gasteiger partial charge in [-0.25, -0.2) is 4.98 Å². The van der Waals surface area contributed by atoms with Crippen molar-refractivity contribution in [2.45, 2.75) is 51.2 Å². The number of halogens is 1. The molecule has 2 N–H and O–H groups in total. The molecule has 5 nitrogen and oxygen atoms in total. The molecule has 1 aromatic heterocycles. The summed E-state index contributed by atoms with van der Waals surface area (Å²) in [5.74, 6) is 2.44. The van der Waals surface area contributed by atoms with Crippen LogP contribution in [-0.4, -0.2) is 30.6 Å². The second-order valence-electron chi connectivity index (χ2n) is 6.28. The summed E-state index contributed by atoms with van der Waals surface area (Å²) in [6, 6.07) is 4.04. The molecule has 0 bridgehead atoms. The maximum absolute atomic E-state index is 5.88. The lowest BCUT2D eigenvalue weighted by Crippen LogP contribution is -2.37. The minimum atomic E-state index is 0. The normalized spacial score (nSPS) is 18.4. The van der Waals surface area contributed by atoms with Crippen molar-refractivity contribution in [3.63, 3.8) is 0 Å². The monoisotopic (exact) mass is 430 g/mol. The van der Waals surface area contributed by atoms with Crippen molar-refractivity contribution >= 4 is 29.9 Å². The van der Waals surface area contributed by atoms with Crippen molar-refractivity contribution < 1.29 is 4.74 Å². The molecule has 1 heterocycles. The van der Waals surface area contributed by atoms with Gasteiger partial charge in [0.2, 0.25) is 5.88 Å². The number of pyridine rings is 1. The molecule has 128 valence electrons. The fourth-order valence-electron chi connectivity index (χ4n) is 2.73. The highest BCUT2D eigenvalue weighted by Gasteiger charge is 2.21. The molecule has 2 aliphatic rings.